The largest absolute Gasteiger partial charge is 0.312 e. The minimum absolute atomic E-state index is 0.893. The number of benzene rings is 1. The third-order valence-corrected chi connectivity index (χ3v) is 5.82. The fourth-order valence-electron chi connectivity index (χ4n) is 2.61. The van der Waals surface area contributed by atoms with Gasteiger partial charge in [-0.05, 0) is 59.4 Å². The van der Waals surface area contributed by atoms with Crippen molar-refractivity contribution < 1.29 is 0 Å². The van der Waals surface area contributed by atoms with Crippen molar-refractivity contribution in [3.8, 4) is 11.1 Å². The molecule has 0 spiro atoms. The fraction of sp³-hybridized carbons (Fsp3) is 0.412. The maximum absolute atomic E-state index is 3.64. The zero-order chi connectivity index (χ0) is 13.6. The predicted octanol–water partition coefficient (Wildman–Crippen LogP) is 4.65. The van der Waals surface area contributed by atoms with Gasteiger partial charge in [0.2, 0.25) is 0 Å². The molecule has 1 saturated heterocycles. The van der Waals surface area contributed by atoms with Crippen LogP contribution in [0.5, 0.6) is 0 Å². The van der Waals surface area contributed by atoms with E-state index in [2.05, 4.69) is 58.9 Å². The van der Waals surface area contributed by atoms with Gasteiger partial charge in [-0.2, -0.15) is 11.8 Å². The highest BCUT2D eigenvalue weighted by molar-refractivity contribution is 7.99. The maximum atomic E-state index is 3.64. The highest BCUT2D eigenvalue weighted by atomic mass is 32.2. The summed E-state index contributed by atoms with van der Waals surface area (Å²) in [5, 5.41) is 5.90. The lowest BCUT2D eigenvalue weighted by Crippen LogP contribution is -2.25. The molecule has 3 rings (SSSR count). The van der Waals surface area contributed by atoms with Crippen LogP contribution in [0.15, 0.2) is 41.8 Å². The molecule has 1 aromatic heterocycles. The van der Waals surface area contributed by atoms with Gasteiger partial charge >= 0.3 is 0 Å². The molecule has 1 N–H and O–H groups in total. The number of nitrogens with one attached hydrogen (secondary N) is 1. The average molecular weight is 303 g/mol. The number of rotatable bonds is 5. The van der Waals surface area contributed by atoms with Gasteiger partial charge in [-0.15, -0.1) is 11.3 Å². The van der Waals surface area contributed by atoms with Gasteiger partial charge < -0.3 is 5.32 Å². The molecule has 3 heteroatoms. The van der Waals surface area contributed by atoms with E-state index in [0.717, 1.165) is 12.5 Å². The monoisotopic (exact) mass is 303 g/mol. The second-order valence-corrected chi connectivity index (χ2v) is 7.57. The lowest BCUT2D eigenvalue weighted by molar-refractivity contribution is 0.449. The molecule has 1 fully saturated rings. The summed E-state index contributed by atoms with van der Waals surface area (Å²) in [7, 11) is 0. The molecule has 1 aliphatic heterocycles. The molecule has 1 aromatic carbocycles. The lowest BCUT2D eigenvalue weighted by atomic mass is 10.0. The number of hydrogen-bond donors (Lipinski definition) is 1. The van der Waals surface area contributed by atoms with E-state index in [9.17, 15) is 0 Å². The predicted molar refractivity (Wildman–Crippen MR) is 91.5 cm³/mol. The second-order valence-electron chi connectivity index (χ2n) is 5.35. The molecule has 0 aliphatic carbocycles. The first kappa shape index (κ1) is 14.2. The third-order valence-electron chi connectivity index (χ3n) is 3.83. The minimum atomic E-state index is 0.893. The van der Waals surface area contributed by atoms with Crippen molar-refractivity contribution in [2.75, 3.05) is 18.1 Å². The van der Waals surface area contributed by atoms with Crippen LogP contribution in [0.1, 0.15) is 17.7 Å². The Labute approximate surface area is 129 Å². The van der Waals surface area contributed by atoms with Crippen molar-refractivity contribution >= 4 is 23.1 Å². The minimum Gasteiger partial charge on any atom is -0.312 e. The van der Waals surface area contributed by atoms with Gasteiger partial charge in [0.1, 0.15) is 0 Å². The SMILES string of the molecule is c1ccc(-c2csc(CNCC3CCSCC3)c2)cc1. The van der Waals surface area contributed by atoms with Crippen LogP contribution in [0.3, 0.4) is 0 Å². The van der Waals surface area contributed by atoms with Gasteiger partial charge in [0, 0.05) is 11.4 Å². The first-order chi connectivity index (χ1) is 9.92. The molecule has 0 unspecified atom stereocenters. The highest BCUT2D eigenvalue weighted by Crippen LogP contribution is 2.26. The van der Waals surface area contributed by atoms with E-state index in [0.29, 0.717) is 0 Å². The summed E-state index contributed by atoms with van der Waals surface area (Å²) in [5.41, 5.74) is 2.67. The maximum Gasteiger partial charge on any atom is 0.0300 e. The molecular formula is C17H21NS2. The summed E-state index contributed by atoms with van der Waals surface area (Å²) in [5.74, 6) is 3.59. The number of hydrogen-bond acceptors (Lipinski definition) is 3. The van der Waals surface area contributed by atoms with E-state index in [1.807, 2.05) is 11.3 Å². The summed E-state index contributed by atoms with van der Waals surface area (Å²) < 4.78 is 0. The van der Waals surface area contributed by atoms with Crippen LogP contribution in [0, 0.1) is 5.92 Å². The van der Waals surface area contributed by atoms with Gasteiger partial charge in [0.05, 0.1) is 0 Å². The zero-order valence-corrected chi connectivity index (χ0v) is 13.3. The van der Waals surface area contributed by atoms with Crippen LogP contribution in [0.4, 0.5) is 0 Å². The van der Waals surface area contributed by atoms with Gasteiger partial charge in [0.25, 0.3) is 0 Å². The molecule has 106 valence electrons. The molecule has 20 heavy (non-hydrogen) atoms. The van der Waals surface area contributed by atoms with Gasteiger partial charge in [-0.3, -0.25) is 0 Å². The van der Waals surface area contributed by atoms with E-state index < -0.39 is 0 Å². The summed E-state index contributed by atoms with van der Waals surface area (Å²) >= 11 is 3.97. The first-order valence-electron chi connectivity index (χ1n) is 7.33. The standard InChI is InChI=1S/C17H21NS2/c1-2-4-15(5-3-1)16-10-17(20-13-16)12-18-11-14-6-8-19-9-7-14/h1-5,10,13-14,18H,6-9,11-12H2. The molecule has 2 heterocycles. The van der Waals surface area contributed by atoms with Crippen molar-refractivity contribution in [3.63, 3.8) is 0 Å². The summed E-state index contributed by atoms with van der Waals surface area (Å²) in [6.45, 7) is 2.19. The number of thioether (sulfide) groups is 1. The van der Waals surface area contributed by atoms with E-state index in [1.54, 1.807) is 0 Å². The molecule has 0 bridgehead atoms. The van der Waals surface area contributed by atoms with Gasteiger partial charge in [-0.1, -0.05) is 30.3 Å². The van der Waals surface area contributed by atoms with Crippen molar-refractivity contribution in [2.24, 2.45) is 5.92 Å². The molecule has 0 atom stereocenters. The lowest BCUT2D eigenvalue weighted by Gasteiger charge is -2.21. The van der Waals surface area contributed by atoms with Crippen LogP contribution >= 0.6 is 23.1 Å². The smallest absolute Gasteiger partial charge is 0.0300 e. The molecule has 0 radical (unpaired) electrons. The Kier molecular flexibility index (Phi) is 5.17. The molecular weight excluding hydrogens is 282 g/mol. The quantitative estimate of drug-likeness (QED) is 0.863. The van der Waals surface area contributed by atoms with E-state index in [-0.39, 0.29) is 0 Å². The number of thiophene rings is 1. The Morgan fingerprint density at radius 3 is 2.65 bits per heavy atom. The second kappa shape index (κ2) is 7.30. The van der Waals surface area contributed by atoms with Gasteiger partial charge in [0.15, 0.2) is 0 Å². The Hall–Kier alpha value is -0.770. The van der Waals surface area contributed by atoms with E-state index in [1.165, 1.54) is 46.9 Å². The Balaban J connectivity index is 1.50. The molecule has 1 aliphatic rings. The summed E-state index contributed by atoms with van der Waals surface area (Å²) in [6, 6.07) is 13.0. The molecule has 0 saturated carbocycles. The molecule has 0 amide bonds. The Morgan fingerprint density at radius 2 is 1.85 bits per heavy atom. The van der Waals surface area contributed by atoms with Crippen molar-refractivity contribution in [2.45, 2.75) is 19.4 Å². The summed E-state index contributed by atoms with van der Waals surface area (Å²) in [6.07, 6.45) is 2.77. The van der Waals surface area contributed by atoms with Crippen LogP contribution in [0.2, 0.25) is 0 Å². The molecule has 1 nitrogen and oxygen atoms in total. The topological polar surface area (TPSA) is 12.0 Å². The van der Waals surface area contributed by atoms with Crippen LogP contribution in [-0.4, -0.2) is 18.1 Å². The van der Waals surface area contributed by atoms with Crippen molar-refractivity contribution in [1.82, 2.24) is 5.32 Å². The first-order valence-corrected chi connectivity index (χ1v) is 9.36. The zero-order valence-electron chi connectivity index (χ0n) is 11.7. The van der Waals surface area contributed by atoms with Crippen molar-refractivity contribution in [1.29, 1.82) is 0 Å². The molecule has 2 aromatic rings. The van der Waals surface area contributed by atoms with Crippen LogP contribution < -0.4 is 5.32 Å². The van der Waals surface area contributed by atoms with Crippen LogP contribution in [0.25, 0.3) is 11.1 Å². The normalized spacial score (nSPS) is 16.4. The Morgan fingerprint density at radius 1 is 1.05 bits per heavy atom. The highest BCUT2D eigenvalue weighted by Gasteiger charge is 2.13. The van der Waals surface area contributed by atoms with E-state index in [4.69, 9.17) is 0 Å². The van der Waals surface area contributed by atoms with Crippen LogP contribution in [-0.2, 0) is 6.54 Å². The summed E-state index contributed by atoms with van der Waals surface area (Å²) in [4.78, 5) is 1.44. The van der Waals surface area contributed by atoms with Crippen molar-refractivity contribution in [3.05, 3.63) is 46.7 Å². The Bertz CT molecular complexity index is 515. The van der Waals surface area contributed by atoms with E-state index >= 15 is 0 Å². The fourth-order valence-corrected chi connectivity index (χ4v) is 4.67. The van der Waals surface area contributed by atoms with Gasteiger partial charge in [-0.25, -0.2) is 0 Å². The third kappa shape index (κ3) is 3.87. The average Bonchev–Trinajstić information content (AvgIpc) is 2.98.